The molecular weight excluding hydrogens is 166 g/mol. The Bertz CT molecular complexity index is 356. The molecule has 0 saturated carbocycles. The maximum Gasteiger partial charge on any atom is 0.342 e. The topological polar surface area (TPSA) is 38.7 Å². The molecule has 13 heavy (non-hydrogen) atoms. The van der Waals surface area contributed by atoms with Gasteiger partial charge in [0.25, 0.3) is 0 Å². The highest BCUT2D eigenvalue weighted by Crippen LogP contribution is 2.23. The maximum atomic E-state index is 11.2. The van der Waals surface area contributed by atoms with Crippen molar-refractivity contribution in [2.75, 3.05) is 0 Å². The van der Waals surface area contributed by atoms with Gasteiger partial charge in [0.1, 0.15) is 0 Å². The van der Waals surface area contributed by atoms with Crippen LogP contribution in [0.4, 0.5) is 0 Å². The fourth-order valence-electron chi connectivity index (χ4n) is 1.31. The second kappa shape index (κ2) is 3.01. The Kier molecular flexibility index (Phi) is 1.85. The van der Waals surface area contributed by atoms with Crippen LogP contribution in [-0.2, 0) is 9.53 Å². The summed E-state index contributed by atoms with van der Waals surface area (Å²) in [4.78, 5) is 15.3. The molecule has 66 valence electrons. The van der Waals surface area contributed by atoms with E-state index < -0.39 is 6.04 Å². The van der Waals surface area contributed by atoms with Crippen molar-refractivity contribution in [3.05, 3.63) is 35.9 Å². The standard InChI is InChI=1S/C10H9NO2/c1-7-11-9(10(12)13-7)8-5-3-2-4-6-8/h2-6,9H,1H3. The Hall–Kier alpha value is -1.64. The molecule has 0 radical (unpaired) electrons. The van der Waals surface area contributed by atoms with E-state index in [1.54, 1.807) is 6.92 Å². The molecule has 0 bridgehead atoms. The second-order valence-corrected chi connectivity index (χ2v) is 2.88. The number of aliphatic imine (C=N–C) groups is 1. The van der Waals surface area contributed by atoms with E-state index in [0.29, 0.717) is 5.90 Å². The number of nitrogens with zero attached hydrogens (tertiary/aromatic N) is 1. The SMILES string of the molecule is CC1=NC(c2ccccc2)C(=O)O1. The van der Waals surface area contributed by atoms with Crippen molar-refractivity contribution in [2.24, 2.45) is 4.99 Å². The van der Waals surface area contributed by atoms with E-state index in [9.17, 15) is 4.79 Å². The lowest BCUT2D eigenvalue weighted by molar-refractivity contribution is -0.135. The fourth-order valence-corrected chi connectivity index (χ4v) is 1.31. The quantitative estimate of drug-likeness (QED) is 0.609. The number of rotatable bonds is 1. The largest absolute Gasteiger partial charge is 0.410 e. The molecule has 1 aliphatic heterocycles. The smallest absolute Gasteiger partial charge is 0.342 e. The Morgan fingerprint density at radius 1 is 1.31 bits per heavy atom. The summed E-state index contributed by atoms with van der Waals surface area (Å²) in [6.07, 6.45) is 0. The van der Waals surface area contributed by atoms with Crippen molar-refractivity contribution in [3.8, 4) is 0 Å². The number of carbonyl (C=O) groups excluding carboxylic acids is 1. The number of hydrogen-bond acceptors (Lipinski definition) is 3. The van der Waals surface area contributed by atoms with Gasteiger partial charge in [0, 0.05) is 6.92 Å². The molecule has 1 aliphatic rings. The van der Waals surface area contributed by atoms with Gasteiger partial charge in [-0.2, -0.15) is 0 Å². The van der Waals surface area contributed by atoms with E-state index in [2.05, 4.69) is 4.99 Å². The summed E-state index contributed by atoms with van der Waals surface area (Å²) in [7, 11) is 0. The molecule has 0 aromatic heterocycles. The molecular formula is C10H9NO2. The zero-order valence-electron chi connectivity index (χ0n) is 7.23. The summed E-state index contributed by atoms with van der Waals surface area (Å²) in [6, 6.07) is 8.95. The summed E-state index contributed by atoms with van der Waals surface area (Å²) in [5, 5.41) is 0. The van der Waals surface area contributed by atoms with Crippen LogP contribution in [0.25, 0.3) is 0 Å². The zero-order chi connectivity index (χ0) is 9.26. The third-order valence-corrected chi connectivity index (χ3v) is 1.90. The van der Waals surface area contributed by atoms with Crippen LogP contribution >= 0.6 is 0 Å². The maximum absolute atomic E-state index is 11.2. The highest BCUT2D eigenvalue weighted by atomic mass is 16.6. The van der Waals surface area contributed by atoms with Crippen molar-refractivity contribution in [3.63, 3.8) is 0 Å². The number of hydrogen-bond donors (Lipinski definition) is 0. The first-order chi connectivity index (χ1) is 6.27. The summed E-state index contributed by atoms with van der Waals surface area (Å²) < 4.78 is 4.84. The molecule has 1 aromatic rings. The van der Waals surface area contributed by atoms with Crippen molar-refractivity contribution in [1.29, 1.82) is 0 Å². The molecule has 2 rings (SSSR count). The third kappa shape index (κ3) is 1.45. The minimum atomic E-state index is -0.457. The molecule has 1 atom stereocenters. The molecule has 1 heterocycles. The molecule has 1 aromatic carbocycles. The molecule has 0 N–H and O–H groups in total. The van der Waals surface area contributed by atoms with Crippen LogP contribution in [0, 0.1) is 0 Å². The van der Waals surface area contributed by atoms with Gasteiger partial charge in [-0.3, -0.25) is 0 Å². The summed E-state index contributed by atoms with van der Waals surface area (Å²) in [5.41, 5.74) is 0.879. The Morgan fingerprint density at radius 2 is 2.00 bits per heavy atom. The number of carbonyl (C=O) groups is 1. The molecule has 0 amide bonds. The van der Waals surface area contributed by atoms with Gasteiger partial charge >= 0.3 is 5.97 Å². The highest BCUT2D eigenvalue weighted by molar-refractivity contribution is 5.96. The van der Waals surface area contributed by atoms with Crippen molar-refractivity contribution < 1.29 is 9.53 Å². The van der Waals surface area contributed by atoms with E-state index in [0.717, 1.165) is 5.56 Å². The first-order valence-corrected chi connectivity index (χ1v) is 4.08. The minimum Gasteiger partial charge on any atom is -0.410 e. The lowest BCUT2D eigenvalue weighted by Gasteiger charge is -2.01. The number of ether oxygens (including phenoxy) is 1. The highest BCUT2D eigenvalue weighted by Gasteiger charge is 2.27. The number of cyclic esters (lactones) is 1. The van der Waals surface area contributed by atoms with Crippen LogP contribution < -0.4 is 0 Å². The molecule has 0 spiro atoms. The lowest BCUT2D eigenvalue weighted by atomic mass is 10.1. The normalized spacial score (nSPS) is 21.2. The van der Waals surface area contributed by atoms with Crippen LogP contribution in [0.2, 0.25) is 0 Å². The van der Waals surface area contributed by atoms with Gasteiger partial charge in [0.15, 0.2) is 11.9 Å². The molecule has 3 heteroatoms. The zero-order valence-corrected chi connectivity index (χ0v) is 7.23. The second-order valence-electron chi connectivity index (χ2n) is 2.88. The van der Waals surface area contributed by atoms with Crippen molar-refractivity contribution in [1.82, 2.24) is 0 Å². The summed E-state index contributed by atoms with van der Waals surface area (Å²) >= 11 is 0. The molecule has 0 saturated heterocycles. The van der Waals surface area contributed by atoms with Gasteiger partial charge < -0.3 is 4.74 Å². The van der Waals surface area contributed by atoms with Crippen LogP contribution in [-0.4, -0.2) is 11.9 Å². The van der Waals surface area contributed by atoms with Crippen LogP contribution in [0.3, 0.4) is 0 Å². The first kappa shape index (κ1) is 7.98. The van der Waals surface area contributed by atoms with Crippen LogP contribution in [0.15, 0.2) is 35.3 Å². The average Bonchev–Trinajstić information content (AvgIpc) is 2.47. The van der Waals surface area contributed by atoms with Crippen molar-refractivity contribution >= 4 is 11.9 Å². The summed E-state index contributed by atoms with van der Waals surface area (Å²) in [5.74, 6) is 0.155. The van der Waals surface area contributed by atoms with E-state index in [-0.39, 0.29) is 5.97 Å². The van der Waals surface area contributed by atoms with Gasteiger partial charge in [0.05, 0.1) is 0 Å². The predicted octanol–water partition coefficient (Wildman–Crippen LogP) is 1.70. The fraction of sp³-hybridized carbons (Fsp3) is 0.200. The Labute approximate surface area is 76.1 Å². The number of esters is 1. The van der Waals surface area contributed by atoms with Gasteiger partial charge in [-0.15, -0.1) is 0 Å². The van der Waals surface area contributed by atoms with Gasteiger partial charge in [0.2, 0.25) is 0 Å². The molecule has 3 nitrogen and oxygen atoms in total. The number of benzene rings is 1. The minimum absolute atomic E-state index is 0.288. The van der Waals surface area contributed by atoms with Gasteiger partial charge in [-0.05, 0) is 5.56 Å². The van der Waals surface area contributed by atoms with E-state index >= 15 is 0 Å². The first-order valence-electron chi connectivity index (χ1n) is 4.08. The van der Waals surface area contributed by atoms with Crippen LogP contribution in [0.5, 0.6) is 0 Å². The van der Waals surface area contributed by atoms with Crippen molar-refractivity contribution in [2.45, 2.75) is 13.0 Å². The van der Waals surface area contributed by atoms with Crippen LogP contribution in [0.1, 0.15) is 18.5 Å². The molecule has 1 unspecified atom stereocenters. The Morgan fingerprint density at radius 3 is 2.54 bits per heavy atom. The van der Waals surface area contributed by atoms with Gasteiger partial charge in [-0.1, -0.05) is 30.3 Å². The van der Waals surface area contributed by atoms with Gasteiger partial charge in [-0.25, -0.2) is 9.79 Å². The van der Waals surface area contributed by atoms with E-state index in [4.69, 9.17) is 4.74 Å². The monoisotopic (exact) mass is 175 g/mol. The Balaban J connectivity index is 2.33. The summed E-state index contributed by atoms with van der Waals surface area (Å²) in [6.45, 7) is 1.68. The molecule has 0 aliphatic carbocycles. The van der Waals surface area contributed by atoms with E-state index in [1.807, 2.05) is 30.3 Å². The predicted molar refractivity (Wildman–Crippen MR) is 48.4 cm³/mol. The lowest BCUT2D eigenvalue weighted by Crippen LogP contribution is -2.06. The molecule has 0 fully saturated rings. The average molecular weight is 175 g/mol. The third-order valence-electron chi connectivity index (χ3n) is 1.90. The van der Waals surface area contributed by atoms with E-state index in [1.165, 1.54) is 0 Å².